The van der Waals surface area contributed by atoms with Crippen molar-refractivity contribution in [1.29, 1.82) is 0 Å². The minimum Gasteiger partial charge on any atom is -0.481 e. The van der Waals surface area contributed by atoms with Gasteiger partial charge in [-0.3, -0.25) is 9.48 Å². The zero-order valence-corrected chi connectivity index (χ0v) is 10.0. The van der Waals surface area contributed by atoms with E-state index in [0.717, 1.165) is 18.2 Å². The summed E-state index contributed by atoms with van der Waals surface area (Å²) in [5.41, 5.74) is 0.781. The van der Waals surface area contributed by atoms with Crippen LogP contribution in [-0.2, 0) is 17.8 Å². The molecule has 1 aromatic heterocycles. The molecule has 1 heterocycles. The van der Waals surface area contributed by atoms with Gasteiger partial charge in [-0.25, -0.2) is 0 Å². The van der Waals surface area contributed by atoms with Crippen molar-refractivity contribution in [2.24, 2.45) is 5.92 Å². The Hall–Kier alpha value is -1.39. The van der Waals surface area contributed by atoms with Gasteiger partial charge in [0.1, 0.15) is 0 Å². The van der Waals surface area contributed by atoms with Crippen molar-refractivity contribution in [1.82, 2.24) is 15.0 Å². The molecule has 0 amide bonds. The predicted molar refractivity (Wildman–Crippen MR) is 62.6 cm³/mol. The van der Waals surface area contributed by atoms with Crippen molar-refractivity contribution in [2.75, 3.05) is 0 Å². The lowest BCUT2D eigenvalue weighted by Gasteiger charge is -2.20. The minimum atomic E-state index is -0.785. The van der Waals surface area contributed by atoms with Gasteiger partial charge in [0.2, 0.25) is 0 Å². The molecule has 1 aliphatic carbocycles. The molecule has 0 saturated heterocycles. The van der Waals surface area contributed by atoms with Crippen molar-refractivity contribution < 1.29 is 9.90 Å². The first-order valence-corrected chi connectivity index (χ1v) is 6.35. The molecule has 0 spiro atoms. The van der Waals surface area contributed by atoms with Crippen LogP contribution in [0.1, 0.15) is 44.2 Å². The Morgan fingerprint density at radius 2 is 2.18 bits per heavy atom. The molecule has 0 atom stereocenters. The van der Waals surface area contributed by atoms with Crippen LogP contribution in [0.25, 0.3) is 0 Å². The number of carboxylic acid groups (broad SMARTS) is 1. The number of aryl methyl sites for hydroxylation is 1. The lowest BCUT2D eigenvalue weighted by atomic mass is 9.89. The average Bonchev–Trinajstić information content (AvgIpc) is 2.75. The third-order valence-electron chi connectivity index (χ3n) is 3.35. The van der Waals surface area contributed by atoms with Crippen LogP contribution in [0.15, 0.2) is 6.20 Å². The number of aliphatic carboxylic acids is 1. The lowest BCUT2D eigenvalue weighted by Crippen LogP contribution is -2.14. The van der Waals surface area contributed by atoms with Crippen LogP contribution in [0.5, 0.6) is 0 Å². The highest BCUT2D eigenvalue weighted by Crippen LogP contribution is 2.24. The first-order valence-electron chi connectivity index (χ1n) is 6.35. The molecule has 1 aliphatic rings. The molecule has 0 aliphatic heterocycles. The van der Waals surface area contributed by atoms with Crippen LogP contribution in [0.3, 0.4) is 0 Å². The largest absolute Gasteiger partial charge is 0.481 e. The quantitative estimate of drug-likeness (QED) is 0.849. The Bertz CT molecular complexity index is 370. The second-order valence-electron chi connectivity index (χ2n) is 4.83. The van der Waals surface area contributed by atoms with Crippen LogP contribution in [0, 0.1) is 5.92 Å². The summed E-state index contributed by atoms with van der Waals surface area (Å²) in [7, 11) is 0. The van der Waals surface area contributed by atoms with Gasteiger partial charge in [0.25, 0.3) is 0 Å². The van der Waals surface area contributed by atoms with E-state index in [4.69, 9.17) is 5.11 Å². The standard InChI is InChI=1S/C12H19N3O2/c16-12(17)7-6-11-9-15(14-13-11)8-10-4-2-1-3-5-10/h9-10H,1-8H2,(H,16,17). The van der Waals surface area contributed by atoms with Crippen molar-refractivity contribution in [3.63, 3.8) is 0 Å². The lowest BCUT2D eigenvalue weighted by molar-refractivity contribution is -0.136. The van der Waals surface area contributed by atoms with E-state index in [-0.39, 0.29) is 6.42 Å². The highest BCUT2D eigenvalue weighted by Gasteiger charge is 2.14. The Kier molecular flexibility index (Phi) is 4.12. The van der Waals surface area contributed by atoms with E-state index in [1.165, 1.54) is 32.1 Å². The summed E-state index contributed by atoms with van der Waals surface area (Å²) in [6, 6.07) is 0. The average molecular weight is 237 g/mol. The number of rotatable bonds is 5. The summed E-state index contributed by atoms with van der Waals surface area (Å²) < 4.78 is 1.87. The molecule has 1 saturated carbocycles. The molecule has 1 aromatic rings. The van der Waals surface area contributed by atoms with E-state index in [1.54, 1.807) is 0 Å². The Morgan fingerprint density at radius 3 is 2.88 bits per heavy atom. The topological polar surface area (TPSA) is 68.0 Å². The van der Waals surface area contributed by atoms with E-state index in [9.17, 15) is 4.79 Å². The molecule has 17 heavy (non-hydrogen) atoms. The third kappa shape index (κ3) is 3.84. The smallest absolute Gasteiger partial charge is 0.303 e. The summed E-state index contributed by atoms with van der Waals surface area (Å²) in [5, 5.41) is 16.7. The zero-order chi connectivity index (χ0) is 12.1. The number of carboxylic acids is 1. The Labute approximate surface area is 101 Å². The minimum absolute atomic E-state index is 0.127. The van der Waals surface area contributed by atoms with Crippen molar-refractivity contribution in [2.45, 2.75) is 51.5 Å². The second-order valence-corrected chi connectivity index (χ2v) is 4.83. The van der Waals surface area contributed by atoms with E-state index in [1.807, 2.05) is 10.9 Å². The first kappa shape index (κ1) is 12.1. The maximum absolute atomic E-state index is 10.4. The summed E-state index contributed by atoms with van der Waals surface area (Å²) >= 11 is 0. The maximum atomic E-state index is 10.4. The Balaban J connectivity index is 1.82. The van der Waals surface area contributed by atoms with Gasteiger partial charge in [-0.05, 0) is 18.8 Å². The molecule has 5 heteroatoms. The van der Waals surface area contributed by atoms with E-state index < -0.39 is 5.97 Å². The van der Waals surface area contributed by atoms with Gasteiger partial charge in [0.15, 0.2) is 0 Å². The van der Waals surface area contributed by atoms with E-state index >= 15 is 0 Å². The summed E-state index contributed by atoms with van der Waals surface area (Å²) in [6.45, 7) is 0.931. The van der Waals surface area contributed by atoms with Crippen LogP contribution in [0.4, 0.5) is 0 Å². The summed E-state index contributed by atoms with van der Waals surface area (Å²) in [4.78, 5) is 10.4. The van der Waals surface area contributed by atoms with Crippen molar-refractivity contribution >= 4 is 5.97 Å². The van der Waals surface area contributed by atoms with Crippen LogP contribution >= 0.6 is 0 Å². The molecular formula is C12H19N3O2. The molecule has 0 bridgehead atoms. The fourth-order valence-electron chi connectivity index (χ4n) is 2.41. The SMILES string of the molecule is O=C(O)CCc1cn(CC2CCCCC2)nn1. The second kappa shape index (κ2) is 5.80. The fraction of sp³-hybridized carbons (Fsp3) is 0.750. The molecule has 1 fully saturated rings. The van der Waals surface area contributed by atoms with E-state index in [0.29, 0.717) is 6.42 Å². The molecule has 1 N–H and O–H groups in total. The molecule has 0 aromatic carbocycles. The molecule has 94 valence electrons. The molecule has 5 nitrogen and oxygen atoms in total. The van der Waals surface area contributed by atoms with Gasteiger partial charge in [-0.1, -0.05) is 24.5 Å². The number of aromatic nitrogens is 3. The fourth-order valence-corrected chi connectivity index (χ4v) is 2.41. The maximum Gasteiger partial charge on any atom is 0.303 e. The van der Waals surface area contributed by atoms with Crippen molar-refractivity contribution in [3.8, 4) is 0 Å². The van der Waals surface area contributed by atoms with Crippen LogP contribution in [-0.4, -0.2) is 26.1 Å². The van der Waals surface area contributed by atoms with Crippen LogP contribution < -0.4 is 0 Å². The zero-order valence-electron chi connectivity index (χ0n) is 10.0. The number of nitrogens with zero attached hydrogens (tertiary/aromatic N) is 3. The summed E-state index contributed by atoms with van der Waals surface area (Å²) in [6.07, 6.45) is 9.06. The van der Waals surface area contributed by atoms with Crippen molar-refractivity contribution in [3.05, 3.63) is 11.9 Å². The van der Waals surface area contributed by atoms with E-state index in [2.05, 4.69) is 10.3 Å². The van der Waals surface area contributed by atoms with Crippen LogP contribution in [0.2, 0.25) is 0 Å². The highest BCUT2D eigenvalue weighted by molar-refractivity contribution is 5.66. The monoisotopic (exact) mass is 237 g/mol. The van der Waals surface area contributed by atoms with Gasteiger partial charge in [0, 0.05) is 19.2 Å². The first-order chi connectivity index (χ1) is 8.24. The van der Waals surface area contributed by atoms with Gasteiger partial charge in [0.05, 0.1) is 12.1 Å². The molecule has 2 rings (SSSR count). The Morgan fingerprint density at radius 1 is 1.41 bits per heavy atom. The number of carbonyl (C=O) groups is 1. The number of hydrogen-bond donors (Lipinski definition) is 1. The summed E-state index contributed by atoms with van der Waals surface area (Å²) in [5.74, 6) is -0.0652. The number of hydrogen-bond acceptors (Lipinski definition) is 3. The molecular weight excluding hydrogens is 218 g/mol. The molecule has 0 radical (unpaired) electrons. The third-order valence-corrected chi connectivity index (χ3v) is 3.35. The molecule has 0 unspecified atom stereocenters. The van der Waals surface area contributed by atoms with Gasteiger partial charge < -0.3 is 5.11 Å². The predicted octanol–water partition coefficient (Wildman–Crippen LogP) is 1.88. The normalized spacial score (nSPS) is 17.2. The van der Waals surface area contributed by atoms with Gasteiger partial charge in [-0.15, -0.1) is 5.10 Å². The van der Waals surface area contributed by atoms with Gasteiger partial charge >= 0.3 is 5.97 Å². The van der Waals surface area contributed by atoms with Gasteiger partial charge in [-0.2, -0.15) is 0 Å². The highest BCUT2D eigenvalue weighted by atomic mass is 16.4.